The van der Waals surface area contributed by atoms with Crippen molar-refractivity contribution in [2.45, 2.75) is 65.0 Å². The lowest BCUT2D eigenvalue weighted by molar-refractivity contribution is -0.0704. The van der Waals surface area contributed by atoms with Crippen LogP contribution in [-0.4, -0.2) is 25.3 Å². The van der Waals surface area contributed by atoms with Crippen LogP contribution in [0, 0.1) is 0 Å². The van der Waals surface area contributed by atoms with Crippen molar-refractivity contribution in [3.05, 3.63) is 12.2 Å². The first kappa shape index (κ1) is 15.7. The Kier molecular flexibility index (Phi) is 7.69. The second kappa shape index (κ2) is 7.86. The molecule has 0 aliphatic rings. The number of ether oxygens (including phenoxy) is 1. The molecule has 2 nitrogen and oxygen atoms in total. The fourth-order valence-corrected chi connectivity index (χ4v) is 2.32. The molecule has 0 aliphatic heterocycles. The van der Waals surface area contributed by atoms with Crippen LogP contribution in [0.1, 0.15) is 53.4 Å². The van der Waals surface area contributed by atoms with Crippen LogP contribution in [-0.2, 0) is 4.74 Å². The zero-order chi connectivity index (χ0) is 12.6. The maximum atomic E-state index is 6.02. The Morgan fingerprint density at radius 1 is 1.25 bits per heavy atom. The molecule has 0 spiro atoms. The third kappa shape index (κ3) is 3.91. The van der Waals surface area contributed by atoms with Crippen molar-refractivity contribution in [3.8, 4) is 0 Å². The van der Waals surface area contributed by atoms with Crippen LogP contribution in [0.15, 0.2) is 12.2 Å². The minimum absolute atomic E-state index is 0.0401. The Bertz CT molecular complexity index is 197. The summed E-state index contributed by atoms with van der Waals surface area (Å²) >= 11 is 0. The molecule has 0 aliphatic carbocycles. The van der Waals surface area contributed by atoms with Crippen LogP contribution in [0.5, 0.6) is 0 Å². The van der Waals surface area contributed by atoms with Gasteiger partial charge in [0.2, 0.25) is 0 Å². The van der Waals surface area contributed by atoms with E-state index in [2.05, 4.69) is 39.6 Å². The number of nitrogens with one attached hydrogen (secondary N) is 1. The summed E-state index contributed by atoms with van der Waals surface area (Å²) in [5.74, 6) is 0. The minimum Gasteiger partial charge on any atom is -0.374 e. The molecule has 0 saturated carbocycles. The highest BCUT2D eigenvalue weighted by atomic mass is 16.5. The lowest BCUT2D eigenvalue weighted by Gasteiger charge is -2.39. The predicted molar refractivity (Wildman–Crippen MR) is 71.8 cm³/mol. The summed E-state index contributed by atoms with van der Waals surface area (Å²) in [4.78, 5) is 0. The molecule has 1 N–H and O–H groups in total. The number of likely N-dealkylation sites (N-methyl/N-ethyl adjacent to an activating group) is 1. The van der Waals surface area contributed by atoms with Crippen LogP contribution in [0.2, 0.25) is 0 Å². The summed E-state index contributed by atoms with van der Waals surface area (Å²) in [6.45, 7) is 13.5. The van der Waals surface area contributed by atoms with Crippen LogP contribution in [0.25, 0.3) is 0 Å². The van der Waals surface area contributed by atoms with Crippen LogP contribution in [0.4, 0.5) is 0 Å². The van der Waals surface area contributed by atoms with Crippen molar-refractivity contribution >= 4 is 0 Å². The fourth-order valence-electron chi connectivity index (χ4n) is 2.32. The Balaban J connectivity index is 4.75. The van der Waals surface area contributed by atoms with Gasteiger partial charge in [-0.15, -0.1) is 0 Å². The van der Waals surface area contributed by atoms with Gasteiger partial charge in [-0.3, -0.25) is 0 Å². The molecule has 0 amide bonds. The van der Waals surface area contributed by atoms with E-state index in [1.54, 1.807) is 0 Å². The Morgan fingerprint density at radius 3 is 2.12 bits per heavy atom. The summed E-state index contributed by atoms with van der Waals surface area (Å²) < 4.78 is 6.02. The zero-order valence-corrected chi connectivity index (χ0v) is 11.7. The maximum absolute atomic E-state index is 6.02. The van der Waals surface area contributed by atoms with E-state index in [1.165, 1.54) is 5.57 Å². The van der Waals surface area contributed by atoms with E-state index in [1.807, 2.05) is 7.05 Å². The average Bonchev–Trinajstić information content (AvgIpc) is 2.33. The number of hydrogen-bond donors (Lipinski definition) is 1. The normalized spacial score (nSPS) is 13.8. The van der Waals surface area contributed by atoms with Gasteiger partial charge in [-0.05, 0) is 39.7 Å². The minimum atomic E-state index is -0.0401. The van der Waals surface area contributed by atoms with Crippen molar-refractivity contribution < 1.29 is 4.74 Å². The molecule has 0 aromatic rings. The van der Waals surface area contributed by atoms with E-state index in [-0.39, 0.29) is 5.60 Å². The standard InChI is InChI=1S/C14H29NO/c1-7-12(5)11-13(15-6)14(8-2,9-3)16-10-4/h13,15H,5,7-11H2,1-4,6H3. The summed E-state index contributed by atoms with van der Waals surface area (Å²) in [6, 6.07) is 0.370. The van der Waals surface area contributed by atoms with Gasteiger partial charge in [0.1, 0.15) is 0 Å². The van der Waals surface area contributed by atoms with Crippen molar-refractivity contribution in [2.75, 3.05) is 13.7 Å². The third-order valence-electron chi connectivity index (χ3n) is 3.61. The lowest BCUT2D eigenvalue weighted by atomic mass is 9.84. The first-order chi connectivity index (χ1) is 7.60. The van der Waals surface area contributed by atoms with Crippen molar-refractivity contribution in [1.29, 1.82) is 0 Å². The molecule has 1 unspecified atom stereocenters. The topological polar surface area (TPSA) is 21.3 Å². The molecule has 0 aromatic heterocycles. The Morgan fingerprint density at radius 2 is 1.81 bits per heavy atom. The molecule has 0 rings (SSSR count). The summed E-state index contributed by atoms with van der Waals surface area (Å²) in [5.41, 5.74) is 1.26. The molecular weight excluding hydrogens is 198 g/mol. The second-order valence-electron chi connectivity index (χ2n) is 4.35. The molecular formula is C14H29NO. The number of hydrogen-bond acceptors (Lipinski definition) is 2. The van der Waals surface area contributed by atoms with Gasteiger partial charge < -0.3 is 10.1 Å². The van der Waals surface area contributed by atoms with E-state index in [4.69, 9.17) is 4.74 Å². The van der Waals surface area contributed by atoms with E-state index in [0.717, 1.165) is 32.3 Å². The molecule has 0 fully saturated rings. The van der Waals surface area contributed by atoms with E-state index >= 15 is 0 Å². The van der Waals surface area contributed by atoms with Gasteiger partial charge >= 0.3 is 0 Å². The Hall–Kier alpha value is -0.340. The van der Waals surface area contributed by atoms with Crippen LogP contribution >= 0.6 is 0 Å². The summed E-state index contributed by atoms with van der Waals surface area (Å²) in [6.07, 6.45) is 4.14. The van der Waals surface area contributed by atoms with Gasteiger partial charge in [0.05, 0.1) is 5.60 Å². The van der Waals surface area contributed by atoms with Gasteiger partial charge in [-0.1, -0.05) is 32.9 Å². The first-order valence-corrected chi connectivity index (χ1v) is 6.57. The fraction of sp³-hybridized carbons (Fsp3) is 0.857. The molecule has 1 atom stereocenters. The van der Waals surface area contributed by atoms with Gasteiger partial charge in [-0.25, -0.2) is 0 Å². The Labute approximate surface area is 101 Å². The molecule has 2 heteroatoms. The highest BCUT2D eigenvalue weighted by Crippen LogP contribution is 2.28. The second-order valence-corrected chi connectivity index (χ2v) is 4.35. The first-order valence-electron chi connectivity index (χ1n) is 6.57. The van der Waals surface area contributed by atoms with E-state index in [9.17, 15) is 0 Å². The van der Waals surface area contributed by atoms with Gasteiger partial charge in [0.15, 0.2) is 0 Å². The van der Waals surface area contributed by atoms with E-state index in [0.29, 0.717) is 6.04 Å². The summed E-state index contributed by atoms with van der Waals surface area (Å²) in [7, 11) is 2.02. The largest absolute Gasteiger partial charge is 0.374 e. The van der Waals surface area contributed by atoms with Crippen molar-refractivity contribution in [2.24, 2.45) is 0 Å². The molecule has 16 heavy (non-hydrogen) atoms. The molecule has 0 radical (unpaired) electrons. The zero-order valence-electron chi connectivity index (χ0n) is 11.7. The molecule has 96 valence electrons. The third-order valence-corrected chi connectivity index (χ3v) is 3.61. The highest BCUT2D eigenvalue weighted by molar-refractivity contribution is 5.03. The predicted octanol–water partition coefficient (Wildman–Crippen LogP) is 3.53. The van der Waals surface area contributed by atoms with Crippen LogP contribution < -0.4 is 5.32 Å². The quantitative estimate of drug-likeness (QED) is 0.608. The average molecular weight is 227 g/mol. The molecule has 0 saturated heterocycles. The molecule has 0 bridgehead atoms. The van der Waals surface area contributed by atoms with E-state index < -0.39 is 0 Å². The summed E-state index contributed by atoms with van der Waals surface area (Å²) in [5, 5.41) is 3.41. The number of rotatable bonds is 9. The van der Waals surface area contributed by atoms with Gasteiger partial charge in [0, 0.05) is 12.6 Å². The monoisotopic (exact) mass is 227 g/mol. The van der Waals surface area contributed by atoms with Crippen molar-refractivity contribution in [1.82, 2.24) is 5.32 Å². The van der Waals surface area contributed by atoms with Crippen molar-refractivity contribution in [3.63, 3.8) is 0 Å². The highest BCUT2D eigenvalue weighted by Gasteiger charge is 2.35. The van der Waals surface area contributed by atoms with Crippen LogP contribution in [0.3, 0.4) is 0 Å². The SMILES string of the molecule is C=C(CC)CC(NC)C(CC)(CC)OCC. The smallest absolute Gasteiger partial charge is 0.0832 e. The maximum Gasteiger partial charge on any atom is 0.0832 e. The molecule has 0 heterocycles. The van der Waals surface area contributed by atoms with Gasteiger partial charge in [-0.2, -0.15) is 0 Å². The molecule has 0 aromatic carbocycles. The lowest BCUT2D eigenvalue weighted by Crippen LogP contribution is -2.51. The van der Waals surface area contributed by atoms with Gasteiger partial charge in [0.25, 0.3) is 0 Å².